The van der Waals surface area contributed by atoms with Gasteiger partial charge in [0, 0.05) is 35.4 Å². The first kappa shape index (κ1) is 27.6. The van der Waals surface area contributed by atoms with Crippen LogP contribution in [0.25, 0.3) is 0 Å². The van der Waals surface area contributed by atoms with Crippen molar-refractivity contribution in [3.05, 3.63) is 107 Å². The highest BCUT2D eigenvalue weighted by Crippen LogP contribution is 2.24. The third-order valence-electron chi connectivity index (χ3n) is 6.85. The van der Waals surface area contributed by atoms with E-state index >= 15 is 0 Å². The third-order valence-corrected chi connectivity index (χ3v) is 6.85. The summed E-state index contributed by atoms with van der Waals surface area (Å²) in [5.41, 5.74) is 5.09. The van der Waals surface area contributed by atoms with Gasteiger partial charge in [-0.25, -0.2) is 4.79 Å². The molecule has 202 valence electrons. The first-order valence-corrected chi connectivity index (χ1v) is 13.1. The molecule has 0 saturated heterocycles. The fourth-order valence-corrected chi connectivity index (χ4v) is 4.62. The highest BCUT2D eigenvalue weighted by molar-refractivity contribution is 6.15. The number of anilines is 1. The molecule has 1 amide bonds. The van der Waals surface area contributed by atoms with Crippen molar-refractivity contribution in [2.75, 3.05) is 12.4 Å². The van der Waals surface area contributed by atoms with Gasteiger partial charge >= 0.3 is 5.97 Å². The number of nitrogens with one attached hydrogen (secondary N) is 1. The fourth-order valence-electron chi connectivity index (χ4n) is 4.62. The van der Waals surface area contributed by atoms with E-state index < -0.39 is 23.7 Å². The summed E-state index contributed by atoms with van der Waals surface area (Å²) in [6.07, 6.45) is 5.82. The smallest absolute Gasteiger partial charge is 0.341 e. The van der Waals surface area contributed by atoms with Crippen LogP contribution in [0.2, 0.25) is 0 Å². The minimum Gasteiger partial charge on any atom is -0.465 e. The number of ketones is 1. The number of hydrogen-bond donors (Lipinski definition) is 1. The lowest BCUT2D eigenvalue weighted by molar-refractivity contribution is -0.118. The zero-order chi connectivity index (χ0) is 27.9. The maximum Gasteiger partial charge on any atom is 0.341 e. The number of unbranched alkanes of at least 4 members (excludes halogenated alkanes) is 1. The summed E-state index contributed by atoms with van der Waals surface area (Å²) in [5.74, 6) is -1.57. The van der Waals surface area contributed by atoms with E-state index in [9.17, 15) is 14.4 Å². The molecule has 1 N–H and O–H groups in total. The first-order chi connectivity index (χ1) is 18.8. The molecule has 1 unspecified atom stereocenters. The van der Waals surface area contributed by atoms with Crippen LogP contribution in [0.4, 0.5) is 5.69 Å². The van der Waals surface area contributed by atoms with E-state index in [0.717, 1.165) is 36.2 Å². The second kappa shape index (κ2) is 12.4. The normalized spacial score (nSPS) is 11.7. The Morgan fingerprint density at radius 1 is 1.00 bits per heavy atom. The van der Waals surface area contributed by atoms with Crippen molar-refractivity contribution in [2.45, 2.75) is 52.6 Å². The molecule has 0 aliphatic rings. The number of carbonyl (C=O) groups is 3. The highest BCUT2D eigenvalue weighted by Gasteiger charge is 2.33. The molecule has 0 saturated carbocycles. The van der Waals surface area contributed by atoms with E-state index in [1.807, 2.05) is 68.4 Å². The molecular weight excluding hydrogens is 492 g/mol. The zero-order valence-electron chi connectivity index (χ0n) is 22.8. The van der Waals surface area contributed by atoms with Gasteiger partial charge in [-0.2, -0.15) is 5.10 Å². The largest absolute Gasteiger partial charge is 0.465 e. The van der Waals surface area contributed by atoms with Gasteiger partial charge in [-0.05, 0) is 56.0 Å². The summed E-state index contributed by atoms with van der Waals surface area (Å²) in [4.78, 5) is 39.7. The van der Waals surface area contributed by atoms with E-state index in [1.165, 1.54) is 29.7 Å². The minimum atomic E-state index is -1.33. The second-order valence-electron chi connectivity index (χ2n) is 9.61. The van der Waals surface area contributed by atoms with Crippen LogP contribution >= 0.6 is 0 Å². The van der Waals surface area contributed by atoms with Crippen molar-refractivity contribution < 1.29 is 19.1 Å². The molecule has 1 atom stereocenters. The van der Waals surface area contributed by atoms with Crippen molar-refractivity contribution in [3.8, 4) is 0 Å². The molecule has 0 radical (unpaired) electrons. The molecule has 0 fully saturated rings. The number of hydrogen-bond acceptors (Lipinski definition) is 5. The maximum absolute atomic E-state index is 14.0. The highest BCUT2D eigenvalue weighted by atomic mass is 16.5. The number of Topliss-reactive ketones (excluding diaryl/α,β-unsaturated/α-hetero) is 1. The lowest BCUT2D eigenvalue weighted by Gasteiger charge is -2.17. The van der Waals surface area contributed by atoms with Gasteiger partial charge in [-0.1, -0.05) is 55.8 Å². The summed E-state index contributed by atoms with van der Waals surface area (Å²) in [5, 5.41) is 7.06. The topological polar surface area (TPSA) is 95.2 Å². The Morgan fingerprint density at radius 3 is 2.38 bits per heavy atom. The lowest BCUT2D eigenvalue weighted by Crippen LogP contribution is -2.33. The van der Waals surface area contributed by atoms with E-state index in [0.29, 0.717) is 17.8 Å². The average Bonchev–Trinajstić information content (AvgIpc) is 3.53. The average molecular weight is 527 g/mol. The summed E-state index contributed by atoms with van der Waals surface area (Å²) in [6, 6.07) is 18.1. The predicted octanol–water partition coefficient (Wildman–Crippen LogP) is 5.54. The van der Waals surface area contributed by atoms with Crippen LogP contribution in [-0.4, -0.2) is 39.1 Å². The molecule has 0 aliphatic heterocycles. The number of aryl methyl sites for hydroxylation is 2. The number of amides is 1. The molecule has 4 rings (SSSR count). The Kier molecular flexibility index (Phi) is 8.76. The minimum absolute atomic E-state index is 0.151. The number of carbonyl (C=O) groups excluding carboxylic acids is 3. The van der Waals surface area contributed by atoms with Crippen molar-refractivity contribution in [1.82, 2.24) is 14.3 Å². The van der Waals surface area contributed by atoms with Crippen LogP contribution in [0, 0.1) is 13.8 Å². The Balaban J connectivity index is 1.66. The number of methoxy groups -OCH3 is 1. The molecular formula is C31H34N4O4. The number of aromatic nitrogens is 3. The monoisotopic (exact) mass is 526 g/mol. The fraction of sp³-hybridized carbons (Fsp3) is 0.290. The molecule has 0 aliphatic carbocycles. The summed E-state index contributed by atoms with van der Waals surface area (Å²) >= 11 is 0. The second-order valence-corrected chi connectivity index (χ2v) is 9.61. The number of ether oxygens (including phenoxy) is 1. The molecule has 0 bridgehead atoms. The van der Waals surface area contributed by atoms with Gasteiger partial charge in [-0.3, -0.25) is 14.3 Å². The van der Waals surface area contributed by atoms with Gasteiger partial charge in [0.2, 0.25) is 0 Å². The molecule has 2 aromatic heterocycles. The summed E-state index contributed by atoms with van der Waals surface area (Å²) < 4.78 is 8.06. The van der Waals surface area contributed by atoms with Crippen molar-refractivity contribution in [2.24, 2.45) is 0 Å². The van der Waals surface area contributed by atoms with Crippen LogP contribution in [0.5, 0.6) is 0 Å². The van der Waals surface area contributed by atoms with E-state index in [-0.39, 0.29) is 5.56 Å². The van der Waals surface area contributed by atoms with E-state index in [1.54, 1.807) is 6.07 Å². The summed E-state index contributed by atoms with van der Waals surface area (Å²) in [7, 11) is 1.26. The van der Waals surface area contributed by atoms with Gasteiger partial charge in [0.05, 0.1) is 18.9 Å². The Bertz CT molecular complexity index is 1450. The number of nitrogens with zero attached hydrogens (tertiary/aromatic N) is 3. The molecule has 0 spiro atoms. The summed E-state index contributed by atoms with van der Waals surface area (Å²) in [6.45, 7) is 6.55. The Morgan fingerprint density at radius 2 is 1.72 bits per heavy atom. The van der Waals surface area contributed by atoms with Gasteiger partial charge in [0.25, 0.3) is 5.91 Å². The van der Waals surface area contributed by atoms with Gasteiger partial charge in [0.1, 0.15) is 0 Å². The van der Waals surface area contributed by atoms with E-state index in [4.69, 9.17) is 4.74 Å². The zero-order valence-corrected chi connectivity index (χ0v) is 22.8. The van der Waals surface area contributed by atoms with E-state index in [2.05, 4.69) is 21.9 Å². The quantitative estimate of drug-likeness (QED) is 0.157. The third kappa shape index (κ3) is 6.34. The first-order valence-electron chi connectivity index (χ1n) is 13.1. The lowest BCUT2D eigenvalue weighted by atomic mass is 10.0. The Hall–Kier alpha value is -4.46. The van der Waals surface area contributed by atoms with Crippen LogP contribution in [-0.2, 0) is 22.5 Å². The van der Waals surface area contributed by atoms with Gasteiger partial charge in [0.15, 0.2) is 11.8 Å². The Labute approximate surface area is 228 Å². The molecule has 2 aromatic carbocycles. The van der Waals surface area contributed by atoms with Crippen molar-refractivity contribution in [3.63, 3.8) is 0 Å². The number of rotatable bonds is 11. The van der Waals surface area contributed by atoms with Gasteiger partial charge in [-0.15, -0.1) is 0 Å². The van der Waals surface area contributed by atoms with Crippen LogP contribution in [0.15, 0.2) is 73.1 Å². The molecule has 8 heteroatoms. The molecule has 39 heavy (non-hydrogen) atoms. The maximum atomic E-state index is 14.0. The number of esters is 1. The van der Waals surface area contributed by atoms with Gasteiger partial charge < -0.3 is 14.6 Å². The van der Waals surface area contributed by atoms with Crippen LogP contribution in [0.1, 0.15) is 69.0 Å². The van der Waals surface area contributed by atoms with Crippen LogP contribution in [0.3, 0.4) is 0 Å². The van der Waals surface area contributed by atoms with Crippen LogP contribution < -0.4 is 5.32 Å². The molecule has 8 nitrogen and oxygen atoms in total. The molecule has 4 aromatic rings. The predicted molar refractivity (Wildman–Crippen MR) is 150 cm³/mol. The molecule has 2 heterocycles. The standard InChI is InChI=1S/C31H34N4O4/c1-5-6-10-23-13-15-26(16-14-23)33-30(37)28(35-20-25(18-32-35)31(38)39-4)29(36)27-17-21(2)34(22(27)3)19-24-11-8-7-9-12-24/h7-9,11-18,20,28H,5-6,10,19H2,1-4H3,(H,33,37). The van der Waals surface area contributed by atoms with Crippen molar-refractivity contribution >= 4 is 23.3 Å². The van der Waals surface area contributed by atoms with Crippen molar-refractivity contribution in [1.29, 1.82) is 0 Å². The SMILES string of the molecule is CCCCc1ccc(NC(=O)C(C(=O)c2cc(C)n(Cc3ccccc3)c2C)n2cc(C(=O)OC)cn2)cc1. The number of benzene rings is 2.